The summed E-state index contributed by atoms with van der Waals surface area (Å²) in [6.45, 7) is 2.02. The average Bonchev–Trinajstić information content (AvgIpc) is 2.32. The summed E-state index contributed by atoms with van der Waals surface area (Å²) in [5, 5.41) is -0.515. The summed E-state index contributed by atoms with van der Waals surface area (Å²) in [4.78, 5) is 10.8. The van der Waals surface area contributed by atoms with Crippen LogP contribution >= 0.6 is 11.6 Å². The predicted molar refractivity (Wildman–Crippen MR) is 44.3 cm³/mol. The molecule has 1 heterocycles. The van der Waals surface area contributed by atoms with Gasteiger partial charge in [0.05, 0.1) is 5.56 Å². The van der Waals surface area contributed by atoms with Crippen LogP contribution in [0.2, 0.25) is 0 Å². The lowest BCUT2D eigenvalue weighted by Gasteiger charge is -1.94. The van der Waals surface area contributed by atoms with Crippen molar-refractivity contribution in [3.8, 4) is 0 Å². The molecule has 12 heavy (non-hydrogen) atoms. The molecule has 3 nitrogen and oxygen atoms in total. The lowest BCUT2D eigenvalue weighted by atomic mass is 10.2. The molecule has 1 aromatic heterocycles. The molecule has 0 unspecified atom stereocenters. The molecule has 0 amide bonds. The number of aryl methyl sites for hydroxylation is 1. The second kappa shape index (κ2) is 3.74. The summed E-state index contributed by atoms with van der Waals surface area (Å²) in [6.07, 6.45) is 0. The zero-order chi connectivity index (χ0) is 9.14. The van der Waals surface area contributed by atoms with Gasteiger partial charge in [0.15, 0.2) is 0 Å². The molecular formula is C8H9ClO3. The van der Waals surface area contributed by atoms with Crippen molar-refractivity contribution in [1.82, 2.24) is 0 Å². The van der Waals surface area contributed by atoms with E-state index in [0.29, 0.717) is 17.1 Å². The van der Waals surface area contributed by atoms with Gasteiger partial charge >= 0.3 is 0 Å². The highest BCUT2D eigenvalue weighted by Gasteiger charge is 2.13. The Morgan fingerprint density at radius 2 is 2.42 bits per heavy atom. The van der Waals surface area contributed by atoms with Crippen LogP contribution in [0.4, 0.5) is 0 Å². The van der Waals surface area contributed by atoms with E-state index in [1.54, 1.807) is 13.0 Å². The summed E-state index contributed by atoms with van der Waals surface area (Å²) in [7, 11) is 1.53. The van der Waals surface area contributed by atoms with Crippen LogP contribution in [-0.2, 0) is 11.3 Å². The second-order valence-corrected chi connectivity index (χ2v) is 2.74. The van der Waals surface area contributed by atoms with E-state index in [1.807, 2.05) is 0 Å². The normalized spacial score (nSPS) is 10.2. The van der Waals surface area contributed by atoms with Crippen LogP contribution < -0.4 is 0 Å². The number of hydrogen-bond acceptors (Lipinski definition) is 3. The molecule has 0 aromatic carbocycles. The van der Waals surface area contributed by atoms with E-state index in [9.17, 15) is 4.79 Å². The first kappa shape index (κ1) is 9.29. The third kappa shape index (κ3) is 1.87. The Morgan fingerprint density at radius 1 is 1.75 bits per heavy atom. The molecule has 0 aliphatic rings. The minimum atomic E-state index is -0.515. The van der Waals surface area contributed by atoms with E-state index in [0.717, 1.165) is 0 Å². The highest BCUT2D eigenvalue weighted by molar-refractivity contribution is 6.67. The molecule has 0 atom stereocenters. The van der Waals surface area contributed by atoms with Crippen molar-refractivity contribution in [3.05, 3.63) is 23.2 Å². The Morgan fingerprint density at radius 3 is 2.92 bits per heavy atom. The Hall–Kier alpha value is -0.800. The van der Waals surface area contributed by atoms with Crippen LogP contribution in [0.5, 0.6) is 0 Å². The number of ether oxygens (including phenoxy) is 1. The number of furan rings is 1. The third-order valence-corrected chi connectivity index (χ3v) is 1.62. The van der Waals surface area contributed by atoms with Gasteiger partial charge in [-0.05, 0) is 24.6 Å². The van der Waals surface area contributed by atoms with E-state index in [-0.39, 0.29) is 6.61 Å². The highest BCUT2D eigenvalue weighted by Crippen LogP contribution is 2.17. The number of rotatable bonds is 3. The lowest BCUT2D eigenvalue weighted by Crippen LogP contribution is -1.93. The molecule has 0 fully saturated rings. The van der Waals surface area contributed by atoms with Gasteiger partial charge in [-0.15, -0.1) is 0 Å². The first-order chi connectivity index (χ1) is 5.65. The van der Waals surface area contributed by atoms with Crippen molar-refractivity contribution in [2.45, 2.75) is 13.5 Å². The van der Waals surface area contributed by atoms with E-state index >= 15 is 0 Å². The van der Waals surface area contributed by atoms with Gasteiger partial charge in [0.2, 0.25) is 0 Å². The van der Waals surface area contributed by atoms with Gasteiger partial charge in [0, 0.05) is 7.11 Å². The van der Waals surface area contributed by atoms with Gasteiger partial charge in [-0.1, -0.05) is 0 Å². The van der Waals surface area contributed by atoms with E-state index in [1.165, 1.54) is 7.11 Å². The van der Waals surface area contributed by atoms with Gasteiger partial charge in [-0.25, -0.2) is 0 Å². The molecule has 1 rings (SSSR count). The Labute approximate surface area is 75.3 Å². The minimum Gasteiger partial charge on any atom is -0.463 e. The lowest BCUT2D eigenvalue weighted by molar-refractivity contribution is 0.107. The molecule has 0 radical (unpaired) electrons. The summed E-state index contributed by atoms with van der Waals surface area (Å²) in [6, 6.07) is 1.60. The van der Waals surface area contributed by atoms with Crippen molar-refractivity contribution < 1.29 is 13.9 Å². The molecule has 0 spiro atoms. The molecule has 0 aliphatic heterocycles. The van der Waals surface area contributed by atoms with Gasteiger partial charge in [-0.3, -0.25) is 4.79 Å². The Balaban J connectivity index is 2.99. The molecular weight excluding hydrogens is 180 g/mol. The van der Waals surface area contributed by atoms with Crippen molar-refractivity contribution in [2.75, 3.05) is 7.11 Å². The summed E-state index contributed by atoms with van der Waals surface area (Å²) in [5.74, 6) is 1.14. The SMILES string of the molecule is COCc1oc(C)cc1C(=O)Cl. The molecule has 0 bridgehead atoms. The standard InChI is InChI=1S/C8H9ClO3/c1-5-3-6(8(9)10)7(12-5)4-11-2/h3H,4H2,1-2H3. The first-order valence-corrected chi connectivity index (χ1v) is 3.81. The van der Waals surface area contributed by atoms with Crippen molar-refractivity contribution >= 4 is 16.8 Å². The van der Waals surface area contributed by atoms with Crippen molar-refractivity contribution in [2.24, 2.45) is 0 Å². The molecule has 4 heteroatoms. The highest BCUT2D eigenvalue weighted by atomic mass is 35.5. The van der Waals surface area contributed by atoms with Gasteiger partial charge < -0.3 is 9.15 Å². The summed E-state index contributed by atoms with van der Waals surface area (Å²) >= 11 is 5.30. The van der Waals surface area contributed by atoms with Gasteiger partial charge in [-0.2, -0.15) is 0 Å². The Bertz CT molecular complexity index is 290. The maximum atomic E-state index is 10.8. The third-order valence-electron chi connectivity index (χ3n) is 1.42. The van der Waals surface area contributed by atoms with Gasteiger partial charge in [0.25, 0.3) is 5.24 Å². The molecule has 66 valence electrons. The molecule has 0 saturated carbocycles. The minimum absolute atomic E-state index is 0.266. The number of carbonyl (C=O) groups is 1. The quantitative estimate of drug-likeness (QED) is 0.682. The molecule has 0 saturated heterocycles. The maximum absolute atomic E-state index is 10.8. The number of hydrogen-bond donors (Lipinski definition) is 0. The Kier molecular flexibility index (Phi) is 2.89. The van der Waals surface area contributed by atoms with Crippen LogP contribution in [0, 0.1) is 6.92 Å². The number of halogens is 1. The van der Waals surface area contributed by atoms with Crippen LogP contribution in [0.3, 0.4) is 0 Å². The number of methoxy groups -OCH3 is 1. The van der Waals surface area contributed by atoms with E-state index in [2.05, 4.69) is 0 Å². The number of carbonyl (C=O) groups excluding carboxylic acids is 1. The van der Waals surface area contributed by atoms with Crippen molar-refractivity contribution in [3.63, 3.8) is 0 Å². The first-order valence-electron chi connectivity index (χ1n) is 3.43. The molecule has 0 N–H and O–H groups in total. The zero-order valence-corrected chi connectivity index (χ0v) is 7.64. The van der Waals surface area contributed by atoms with Gasteiger partial charge in [0.1, 0.15) is 18.1 Å². The smallest absolute Gasteiger partial charge is 0.256 e. The maximum Gasteiger partial charge on any atom is 0.256 e. The molecule has 0 aliphatic carbocycles. The fourth-order valence-electron chi connectivity index (χ4n) is 0.967. The van der Waals surface area contributed by atoms with Crippen LogP contribution in [0.1, 0.15) is 21.9 Å². The summed E-state index contributed by atoms with van der Waals surface area (Å²) < 4.78 is 10.0. The molecule has 1 aromatic rings. The van der Waals surface area contributed by atoms with E-state index in [4.69, 9.17) is 20.8 Å². The van der Waals surface area contributed by atoms with Crippen LogP contribution in [0.25, 0.3) is 0 Å². The second-order valence-electron chi connectivity index (χ2n) is 2.40. The average molecular weight is 189 g/mol. The largest absolute Gasteiger partial charge is 0.463 e. The topological polar surface area (TPSA) is 39.4 Å². The van der Waals surface area contributed by atoms with Crippen LogP contribution in [-0.4, -0.2) is 12.4 Å². The summed E-state index contributed by atoms with van der Waals surface area (Å²) in [5.41, 5.74) is 0.385. The van der Waals surface area contributed by atoms with E-state index < -0.39 is 5.24 Å². The monoisotopic (exact) mass is 188 g/mol. The zero-order valence-electron chi connectivity index (χ0n) is 6.89. The van der Waals surface area contributed by atoms with Crippen LogP contribution in [0.15, 0.2) is 10.5 Å². The fourth-order valence-corrected chi connectivity index (χ4v) is 1.13. The fraction of sp³-hybridized carbons (Fsp3) is 0.375. The predicted octanol–water partition coefficient (Wildman–Crippen LogP) is 2.11. The van der Waals surface area contributed by atoms with Crippen molar-refractivity contribution in [1.29, 1.82) is 0 Å².